The van der Waals surface area contributed by atoms with Gasteiger partial charge in [-0.05, 0) is 30.3 Å². The Morgan fingerprint density at radius 2 is 1.69 bits per heavy atom. The first kappa shape index (κ1) is 26.0. The molecule has 1 amide bonds. The van der Waals surface area contributed by atoms with E-state index in [1.165, 1.54) is 61.5 Å². The fourth-order valence-corrected chi connectivity index (χ4v) is 5.26. The Morgan fingerprint density at radius 1 is 1.06 bits per heavy atom. The van der Waals surface area contributed by atoms with E-state index < -0.39 is 39.3 Å². The summed E-state index contributed by atoms with van der Waals surface area (Å²) < 4.78 is 46.1. The maximum absolute atomic E-state index is 14.9. The molecule has 2 aliphatic heterocycles. The van der Waals surface area contributed by atoms with E-state index in [4.69, 9.17) is 4.74 Å². The number of aliphatic hydroxyl groups is 1. The molecule has 192 valence electrons. The summed E-state index contributed by atoms with van der Waals surface area (Å²) >= 11 is 0. The van der Waals surface area contributed by atoms with Crippen LogP contribution in [0, 0.1) is 5.82 Å². The topological polar surface area (TPSA) is 107 Å². The van der Waals surface area contributed by atoms with Gasteiger partial charge in [-0.2, -0.15) is 0 Å². The Hall–Kier alpha value is -3.12. The summed E-state index contributed by atoms with van der Waals surface area (Å²) in [6.45, 7) is 3.09. The normalized spacial score (nSPS) is 20.9. The minimum Gasteiger partial charge on any atom is -0.507 e. The lowest BCUT2D eigenvalue weighted by atomic mass is 9.95. The predicted molar refractivity (Wildman–Crippen MR) is 130 cm³/mol. The van der Waals surface area contributed by atoms with Gasteiger partial charge in [-0.25, -0.2) is 17.1 Å². The first-order chi connectivity index (χ1) is 17.1. The summed E-state index contributed by atoms with van der Waals surface area (Å²) in [5, 5.41) is 11.1. The van der Waals surface area contributed by atoms with Crippen LogP contribution < -0.4 is 0 Å². The molecule has 0 unspecified atom stereocenters. The van der Waals surface area contributed by atoms with Crippen molar-refractivity contribution >= 4 is 27.5 Å². The predicted octanol–water partition coefficient (Wildman–Crippen LogP) is 1.83. The summed E-state index contributed by atoms with van der Waals surface area (Å²) in [6.07, 6.45) is 0. The first-order valence-electron chi connectivity index (χ1n) is 11.5. The third kappa shape index (κ3) is 4.92. The van der Waals surface area contributed by atoms with E-state index in [9.17, 15) is 27.5 Å². The molecule has 4 rings (SSSR count). The molecule has 36 heavy (non-hydrogen) atoms. The lowest BCUT2D eigenvalue weighted by Crippen LogP contribution is -2.42. The van der Waals surface area contributed by atoms with Crippen LogP contribution in [0.2, 0.25) is 0 Å². The van der Waals surface area contributed by atoms with Gasteiger partial charge in [-0.1, -0.05) is 18.2 Å². The number of ketones is 1. The van der Waals surface area contributed by atoms with E-state index in [1.54, 1.807) is 6.07 Å². The number of sulfonamides is 1. The molecule has 0 aliphatic carbocycles. The second kappa shape index (κ2) is 10.5. The quantitative estimate of drug-likeness (QED) is 0.339. The number of rotatable bonds is 7. The third-order valence-corrected chi connectivity index (χ3v) is 8.24. The smallest absolute Gasteiger partial charge is 0.295 e. The van der Waals surface area contributed by atoms with Crippen LogP contribution >= 0.6 is 0 Å². The number of aliphatic hydroxyl groups excluding tert-OH is 1. The van der Waals surface area contributed by atoms with Gasteiger partial charge in [-0.15, -0.1) is 0 Å². The number of hydrogen-bond donors (Lipinski definition) is 1. The third-order valence-electron chi connectivity index (χ3n) is 6.41. The summed E-state index contributed by atoms with van der Waals surface area (Å²) in [6, 6.07) is 10.00. The molecule has 2 aromatic carbocycles. The van der Waals surface area contributed by atoms with Crippen LogP contribution in [0.15, 0.2) is 59.0 Å². The van der Waals surface area contributed by atoms with Crippen molar-refractivity contribution in [1.29, 1.82) is 0 Å². The fraction of sp³-hybridized carbons (Fsp3) is 0.360. The lowest BCUT2D eigenvalue weighted by Gasteiger charge is -2.31. The molecule has 2 heterocycles. The summed E-state index contributed by atoms with van der Waals surface area (Å²) in [5.41, 5.74) is -0.0115. The number of morpholine rings is 1. The molecule has 1 N–H and O–H groups in total. The van der Waals surface area contributed by atoms with Crippen LogP contribution in [0.5, 0.6) is 0 Å². The Labute approximate surface area is 209 Å². The van der Waals surface area contributed by atoms with Crippen molar-refractivity contribution in [1.82, 2.24) is 14.1 Å². The van der Waals surface area contributed by atoms with Crippen molar-refractivity contribution in [2.45, 2.75) is 10.9 Å². The van der Waals surface area contributed by atoms with E-state index in [0.29, 0.717) is 32.8 Å². The number of hydrogen-bond acceptors (Lipinski definition) is 7. The average Bonchev–Trinajstić information content (AvgIpc) is 3.12. The number of Topliss-reactive ketones (excluding diaryl/α,β-unsaturated/α-hetero) is 1. The fourth-order valence-electron chi connectivity index (χ4n) is 4.36. The minimum atomic E-state index is -3.70. The Morgan fingerprint density at radius 3 is 2.31 bits per heavy atom. The van der Waals surface area contributed by atoms with E-state index in [1.807, 2.05) is 0 Å². The van der Waals surface area contributed by atoms with Crippen molar-refractivity contribution < 1.29 is 32.2 Å². The molecular weight excluding hydrogens is 489 g/mol. The molecule has 1 atom stereocenters. The largest absolute Gasteiger partial charge is 0.507 e. The van der Waals surface area contributed by atoms with E-state index in [-0.39, 0.29) is 28.1 Å². The van der Waals surface area contributed by atoms with Gasteiger partial charge in [0.2, 0.25) is 10.0 Å². The highest BCUT2D eigenvalue weighted by Gasteiger charge is 2.46. The van der Waals surface area contributed by atoms with Crippen LogP contribution in [0.4, 0.5) is 4.39 Å². The van der Waals surface area contributed by atoms with Gasteiger partial charge in [0.05, 0.1) is 29.7 Å². The van der Waals surface area contributed by atoms with Gasteiger partial charge in [0.1, 0.15) is 11.6 Å². The molecular formula is C25H28FN3O6S. The van der Waals surface area contributed by atoms with E-state index in [0.717, 1.165) is 4.31 Å². The van der Waals surface area contributed by atoms with Crippen molar-refractivity contribution in [3.63, 3.8) is 0 Å². The molecule has 2 saturated heterocycles. The standard InChI is InChI=1S/C25H28FN3O6S/c1-27(2)36(33,34)18-9-7-17(8-10-18)23(30)21-22(19-5-3-4-6-20(19)26)29(25(32)24(21)31)12-11-28-13-15-35-16-14-28/h3-10,22,30H,11-16H2,1-2H3/t22-/m0/s1. The van der Waals surface area contributed by atoms with E-state index in [2.05, 4.69) is 4.90 Å². The van der Waals surface area contributed by atoms with Gasteiger partial charge < -0.3 is 14.7 Å². The lowest BCUT2D eigenvalue weighted by molar-refractivity contribution is -0.140. The van der Waals surface area contributed by atoms with Gasteiger partial charge in [0.25, 0.3) is 11.7 Å². The number of carbonyl (C=O) groups excluding carboxylic acids is 2. The molecule has 0 saturated carbocycles. The maximum Gasteiger partial charge on any atom is 0.295 e. The van der Waals surface area contributed by atoms with Gasteiger partial charge in [0.15, 0.2) is 0 Å². The van der Waals surface area contributed by atoms with Crippen LogP contribution in [-0.4, -0.2) is 92.8 Å². The molecule has 9 nitrogen and oxygen atoms in total. The average molecular weight is 518 g/mol. The molecule has 0 radical (unpaired) electrons. The zero-order valence-electron chi connectivity index (χ0n) is 20.1. The second-order valence-electron chi connectivity index (χ2n) is 8.78. The number of carbonyl (C=O) groups is 2. The molecule has 0 aromatic heterocycles. The zero-order chi connectivity index (χ0) is 26.0. The Kier molecular flexibility index (Phi) is 7.55. The van der Waals surface area contributed by atoms with Crippen LogP contribution in [0.25, 0.3) is 5.76 Å². The molecule has 11 heteroatoms. The summed E-state index contributed by atoms with van der Waals surface area (Å²) in [7, 11) is -0.903. The molecule has 2 aliphatic rings. The van der Waals surface area contributed by atoms with Crippen molar-refractivity contribution in [3.8, 4) is 0 Å². The summed E-state index contributed by atoms with van der Waals surface area (Å²) in [5.74, 6) is -2.86. The van der Waals surface area contributed by atoms with Crippen LogP contribution in [0.3, 0.4) is 0 Å². The summed E-state index contributed by atoms with van der Waals surface area (Å²) in [4.78, 5) is 29.6. The van der Waals surface area contributed by atoms with Gasteiger partial charge in [-0.3, -0.25) is 14.5 Å². The SMILES string of the molecule is CN(C)S(=O)(=O)c1ccc(C(O)=C2C(=O)C(=O)N(CCN3CCOCC3)[C@H]2c2ccccc2F)cc1. The molecule has 2 fully saturated rings. The minimum absolute atomic E-state index is 0.000617. The highest BCUT2D eigenvalue weighted by molar-refractivity contribution is 7.89. The van der Waals surface area contributed by atoms with Crippen molar-refractivity contribution in [2.24, 2.45) is 0 Å². The zero-order valence-corrected chi connectivity index (χ0v) is 20.9. The number of benzene rings is 2. The number of nitrogens with zero attached hydrogens (tertiary/aromatic N) is 3. The molecule has 0 bridgehead atoms. The first-order valence-corrected chi connectivity index (χ1v) is 12.9. The Balaban J connectivity index is 1.74. The highest BCUT2D eigenvalue weighted by Crippen LogP contribution is 2.40. The van der Waals surface area contributed by atoms with Crippen molar-refractivity contribution in [2.75, 3.05) is 53.5 Å². The number of halogens is 1. The number of amides is 1. The van der Waals surface area contributed by atoms with Crippen LogP contribution in [0.1, 0.15) is 17.2 Å². The number of likely N-dealkylation sites (tertiary alicyclic amines) is 1. The number of ether oxygens (including phenoxy) is 1. The molecule has 0 spiro atoms. The second-order valence-corrected chi connectivity index (χ2v) is 10.9. The van der Waals surface area contributed by atoms with Gasteiger partial charge >= 0.3 is 0 Å². The Bertz CT molecular complexity index is 1290. The monoisotopic (exact) mass is 517 g/mol. The maximum atomic E-state index is 14.9. The molecule has 2 aromatic rings. The van der Waals surface area contributed by atoms with Crippen LogP contribution in [-0.2, 0) is 24.3 Å². The van der Waals surface area contributed by atoms with Crippen molar-refractivity contribution in [3.05, 3.63) is 71.0 Å². The highest BCUT2D eigenvalue weighted by atomic mass is 32.2. The van der Waals surface area contributed by atoms with Gasteiger partial charge in [0, 0.05) is 51.4 Å². The van der Waals surface area contributed by atoms with E-state index >= 15 is 0 Å².